The summed E-state index contributed by atoms with van der Waals surface area (Å²) in [6.45, 7) is 0. The van der Waals surface area contributed by atoms with Gasteiger partial charge in [0.2, 0.25) is 0 Å². The fourth-order valence-corrected chi connectivity index (χ4v) is 1.29. The first-order valence-corrected chi connectivity index (χ1v) is 4.19. The second kappa shape index (κ2) is 2.62. The van der Waals surface area contributed by atoms with Crippen molar-refractivity contribution in [1.29, 1.82) is 0 Å². The molecule has 2 rings (SSSR count). The summed E-state index contributed by atoms with van der Waals surface area (Å²) >= 11 is 0. The van der Waals surface area contributed by atoms with Crippen LogP contribution in [0.1, 0.15) is 10.5 Å². The van der Waals surface area contributed by atoms with Crippen LogP contribution in [0.25, 0.3) is 0 Å². The number of quaternary nitrogens is 1. The van der Waals surface area contributed by atoms with Crippen LogP contribution in [0.15, 0.2) is 18.3 Å². The molecule has 0 saturated carbocycles. The predicted octanol–water partition coefficient (Wildman–Crippen LogP) is 0.844. The van der Waals surface area contributed by atoms with E-state index >= 15 is 0 Å². The molecule has 1 aliphatic heterocycles. The highest BCUT2D eigenvalue weighted by molar-refractivity contribution is 6.07. The summed E-state index contributed by atoms with van der Waals surface area (Å²) in [6.07, 6.45) is 1.54. The average molecular weight is 192 g/mol. The quantitative estimate of drug-likeness (QED) is 0.620. The van der Waals surface area contributed by atoms with Crippen molar-refractivity contribution in [1.82, 2.24) is 4.98 Å². The fourth-order valence-electron chi connectivity index (χ4n) is 1.29. The zero-order chi connectivity index (χ0) is 10.3. The highest BCUT2D eigenvalue weighted by Gasteiger charge is 2.43. The van der Waals surface area contributed by atoms with Gasteiger partial charge in [-0.25, -0.2) is 14.6 Å². The first-order chi connectivity index (χ1) is 6.53. The molecule has 0 unspecified atom stereocenters. The van der Waals surface area contributed by atoms with Gasteiger partial charge < -0.3 is 0 Å². The molecular weight excluding hydrogens is 182 g/mol. The number of aromatic nitrogens is 1. The van der Waals surface area contributed by atoms with E-state index in [9.17, 15) is 9.59 Å². The second-order valence-electron chi connectivity index (χ2n) is 3.59. The maximum atomic E-state index is 11.8. The van der Waals surface area contributed by atoms with Gasteiger partial charge in [0.05, 0.1) is 19.8 Å². The summed E-state index contributed by atoms with van der Waals surface area (Å²) < 4.78 is -0.343. The minimum atomic E-state index is -0.343. The van der Waals surface area contributed by atoms with Crippen molar-refractivity contribution in [3.05, 3.63) is 24.0 Å². The van der Waals surface area contributed by atoms with E-state index in [0.29, 0.717) is 11.4 Å². The monoisotopic (exact) mass is 192 g/mol. The van der Waals surface area contributed by atoms with Gasteiger partial charge in [-0.2, -0.15) is 4.48 Å². The lowest BCUT2D eigenvalue weighted by Gasteiger charge is -2.28. The number of nitrogens with one attached hydrogen (secondary N) is 1. The molecule has 0 atom stereocenters. The molecule has 2 heterocycles. The number of hydrogen-bond acceptors (Lipinski definition) is 3. The Morgan fingerprint density at radius 2 is 2.07 bits per heavy atom. The molecule has 0 radical (unpaired) electrons. The molecule has 0 aromatic carbocycles. The molecule has 5 heteroatoms. The van der Waals surface area contributed by atoms with E-state index in [0.717, 1.165) is 0 Å². The molecule has 5 nitrogen and oxygen atoms in total. The van der Waals surface area contributed by atoms with Crippen molar-refractivity contribution in [3.63, 3.8) is 0 Å². The average Bonchev–Trinajstić information content (AvgIpc) is 2.15. The lowest BCUT2D eigenvalue weighted by atomic mass is 10.2. The van der Waals surface area contributed by atoms with Crippen LogP contribution < -0.4 is 5.32 Å². The third kappa shape index (κ3) is 1.03. The summed E-state index contributed by atoms with van der Waals surface area (Å²) in [4.78, 5) is 27.2. The lowest BCUT2D eigenvalue weighted by Crippen LogP contribution is -2.56. The molecule has 0 bridgehead atoms. The number of carbonyl (C=O) groups excluding carboxylic acids is 2. The highest BCUT2D eigenvalue weighted by Crippen LogP contribution is 2.23. The molecule has 0 fully saturated rings. The van der Waals surface area contributed by atoms with Crippen molar-refractivity contribution >= 4 is 17.6 Å². The molecule has 1 aromatic rings. The van der Waals surface area contributed by atoms with Gasteiger partial charge in [0.1, 0.15) is 0 Å². The van der Waals surface area contributed by atoms with Gasteiger partial charge in [0, 0.05) is 6.20 Å². The summed E-state index contributed by atoms with van der Waals surface area (Å²) in [5.74, 6) is -0.288. The molecule has 0 spiro atoms. The Morgan fingerprint density at radius 1 is 1.36 bits per heavy atom. The maximum absolute atomic E-state index is 11.8. The third-order valence-corrected chi connectivity index (χ3v) is 2.27. The zero-order valence-corrected chi connectivity index (χ0v) is 7.94. The van der Waals surface area contributed by atoms with Crippen LogP contribution in [0.3, 0.4) is 0 Å². The molecule has 1 aromatic heterocycles. The summed E-state index contributed by atoms with van der Waals surface area (Å²) in [5.41, 5.74) is 0.803. The second-order valence-corrected chi connectivity index (χ2v) is 3.59. The van der Waals surface area contributed by atoms with Gasteiger partial charge in [-0.3, -0.25) is 5.32 Å². The van der Waals surface area contributed by atoms with Crippen LogP contribution in [-0.2, 0) is 0 Å². The molecule has 14 heavy (non-hydrogen) atoms. The van der Waals surface area contributed by atoms with Gasteiger partial charge in [-0.05, 0) is 12.1 Å². The predicted molar refractivity (Wildman–Crippen MR) is 49.7 cm³/mol. The number of carbonyl (C=O) groups is 2. The Hall–Kier alpha value is -1.75. The number of nitrogens with zero attached hydrogens (tertiary/aromatic N) is 2. The van der Waals surface area contributed by atoms with Gasteiger partial charge >= 0.3 is 11.9 Å². The van der Waals surface area contributed by atoms with Gasteiger partial charge in [0.15, 0.2) is 5.69 Å². The summed E-state index contributed by atoms with van der Waals surface area (Å²) in [7, 11) is 3.07. The van der Waals surface area contributed by atoms with Crippen LogP contribution in [0.2, 0.25) is 0 Å². The van der Waals surface area contributed by atoms with E-state index in [1.165, 1.54) is 20.3 Å². The van der Waals surface area contributed by atoms with E-state index in [2.05, 4.69) is 10.3 Å². The summed E-state index contributed by atoms with van der Waals surface area (Å²) in [5, 5.41) is 2.63. The first kappa shape index (κ1) is 8.83. The highest BCUT2D eigenvalue weighted by atomic mass is 16.2. The van der Waals surface area contributed by atoms with E-state index < -0.39 is 0 Å². The molecule has 72 valence electrons. The molecular formula is C9H10N3O2+. The van der Waals surface area contributed by atoms with Gasteiger partial charge in [-0.15, -0.1) is 0 Å². The van der Waals surface area contributed by atoms with Crippen molar-refractivity contribution in [2.45, 2.75) is 0 Å². The minimum Gasteiger partial charge on any atom is -0.272 e. The SMILES string of the molecule is C[N+]1(C)C(=O)Nc2cccnc2C1=O. The number of anilines is 1. The standard InChI is InChI=1S/C9H9N3O2/c1-12(2)8(13)7-6(11-9(12)14)4-3-5-10-7/h3-5H,1-2H3/p+1. The first-order valence-electron chi connectivity index (χ1n) is 4.19. The van der Waals surface area contributed by atoms with Gasteiger partial charge in [-0.1, -0.05) is 0 Å². The third-order valence-electron chi connectivity index (χ3n) is 2.27. The van der Waals surface area contributed by atoms with Crippen LogP contribution in [-0.4, -0.2) is 35.5 Å². The van der Waals surface area contributed by atoms with E-state index in [4.69, 9.17) is 0 Å². The van der Waals surface area contributed by atoms with Gasteiger partial charge in [0.25, 0.3) is 0 Å². The Labute approximate surface area is 80.9 Å². The number of imide groups is 1. The number of urea groups is 1. The Morgan fingerprint density at radius 3 is 2.79 bits per heavy atom. The number of rotatable bonds is 0. The molecule has 1 aliphatic rings. The zero-order valence-electron chi connectivity index (χ0n) is 7.94. The Kier molecular flexibility index (Phi) is 1.65. The van der Waals surface area contributed by atoms with Crippen molar-refractivity contribution < 1.29 is 14.1 Å². The van der Waals surface area contributed by atoms with Crippen molar-refractivity contribution in [3.8, 4) is 0 Å². The normalized spacial score (nSPS) is 18.7. The topological polar surface area (TPSA) is 59.1 Å². The van der Waals surface area contributed by atoms with Crippen LogP contribution in [0, 0.1) is 0 Å². The minimum absolute atomic E-state index is 0.288. The number of pyridine rings is 1. The molecule has 0 aliphatic carbocycles. The Balaban J connectivity index is 2.61. The molecule has 0 saturated heterocycles. The molecule has 1 N–H and O–H groups in total. The van der Waals surface area contributed by atoms with Crippen LogP contribution in [0.4, 0.5) is 10.5 Å². The number of fused-ring (bicyclic) bond motifs is 1. The smallest absolute Gasteiger partial charge is 0.272 e. The van der Waals surface area contributed by atoms with E-state index in [-0.39, 0.29) is 16.4 Å². The van der Waals surface area contributed by atoms with Crippen LogP contribution in [0.5, 0.6) is 0 Å². The van der Waals surface area contributed by atoms with Crippen molar-refractivity contribution in [2.75, 3.05) is 19.4 Å². The van der Waals surface area contributed by atoms with Crippen molar-refractivity contribution in [2.24, 2.45) is 0 Å². The fraction of sp³-hybridized carbons (Fsp3) is 0.222. The number of hydrogen-bond donors (Lipinski definition) is 1. The van der Waals surface area contributed by atoms with E-state index in [1.807, 2.05) is 0 Å². The number of amides is 3. The summed E-state index contributed by atoms with van der Waals surface area (Å²) in [6, 6.07) is 3.00. The maximum Gasteiger partial charge on any atom is 0.428 e. The van der Waals surface area contributed by atoms with Crippen LogP contribution >= 0.6 is 0 Å². The largest absolute Gasteiger partial charge is 0.428 e. The Bertz CT molecular complexity index is 426. The molecule has 3 amide bonds. The van der Waals surface area contributed by atoms with E-state index in [1.54, 1.807) is 12.1 Å². The lowest BCUT2D eigenvalue weighted by molar-refractivity contribution is -0.719.